The molecule has 3 aromatic rings. The summed E-state index contributed by atoms with van der Waals surface area (Å²) in [6.07, 6.45) is 6.90. The predicted molar refractivity (Wildman–Crippen MR) is 115 cm³/mol. The normalized spacial score (nSPS) is 22.8. The number of amides is 2. The maximum Gasteiger partial charge on any atom is 0.315 e. The molecular weight excluding hydrogens is 400 g/mol. The molecule has 2 fully saturated rings. The lowest BCUT2D eigenvalue weighted by Gasteiger charge is -2.39. The lowest BCUT2D eigenvalue weighted by atomic mass is 9.83. The number of piperidine rings is 1. The van der Waals surface area contributed by atoms with Crippen LogP contribution in [0.15, 0.2) is 54.9 Å². The van der Waals surface area contributed by atoms with Gasteiger partial charge in [-0.2, -0.15) is 0 Å². The summed E-state index contributed by atoms with van der Waals surface area (Å²) in [5, 5.41) is 4.25. The Labute approximate surface area is 179 Å². The maximum atomic E-state index is 12.9. The highest BCUT2D eigenvalue weighted by atomic mass is 35.5. The summed E-state index contributed by atoms with van der Waals surface area (Å²) in [5.74, 6) is -0.435. The van der Waals surface area contributed by atoms with Crippen LogP contribution in [0.1, 0.15) is 37.2 Å². The Morgan fingerprint density at radius 1 is 1.00 bits per heavy atom. The van der Waals surface area contributed by atoms with Gasteiger partial charge in [0.05, 0.1) is 10.5 Å². The van der Waals surface area contributed by atoms with Gasteiger partial charge in [0, 0.05) is 29.9 Å². The molecule has 0 radical (unpaired) electrons. The lowest BCUT2D eigenvalue weighted by Crippen LogP contribution is -2.50. The van der Waals surface area contributed by atoms with Crippen LogP contribution in [0.25, 0.3) is 10.9 Å². The molecule has 2 unspecified atom stereocenters. The molecule has 30 heavy (non-hydrogen) atoms. The highest BCUT2D eigenvalue weighted by Gasteiger charge is 2.45. The molecule has 1 N–H and O–H groups in total. The standard InChI is InChI=1S/C23H21ClN4O2/c24-15-5-8-21(26-13-15)27-22(29)23(30)28-16-6-7-17(28)12-14(11-16)18-9-10-25-20-4-2-1-3-19(18)20/h1-5,8-10,13-14,16-17H,6-7,11-12H2,(H,26,27,29). The highest BCUT2D eigenvalue weighted by molar-refractivity contribution is 6.39. The summed E-state index contributed by atoms with van der Waals surface area (Å²) < 4.78 is 0. The van der Waals surface area contributed by atoms with Crippen LogP contribution in [0.3, 0.4) is 0 Å². The largest absolute Gasteiger partial charge is 0.328 e. The first-order chi connectivity index (χ1) is 14.6. The number of anilines is 1. The molecule has 2 saturated heterocycles. The SMILES string of the molecule is O=C(Nc1ccc(Cl)cn1)C(=O)N1C2CCC1CC(c1ccnc3ccccc13)C2. The van der Waals surface area contributed by atoms with E-state index < -0.39 is 11.8 Å². The van der Waals surface area contributed by atoms with E-state index in [0.29, 0.717) is 16.8 Å². The van der Waals surface area contributed by atoms with Crippen LogP contribution in [0.4, 0.5) is 5.82 Å². The number of hydrogen-bond acceptors (Lipinski definition) is 4. The van der Waals surface area contributed by atoms with E-state index in [1.807, 2.05) is 24.4 Å². The van der Waals surface area contributed by atoms with Crippen LogP contribution in [0.5, 0.6) is 0 Å². The zero-order valence-electron chi connectivity index (χ0n) is 16.3. The molecule has 2 bridgehead atoms. The molecule has 2 amide bonds. The van der Waals surface area contributed by atoms with Crippen LogP contribution < -0.4 is 5.32 Å². The first-order valence-electron chi connectivity index (χ1n) is 10.2. The van der Waals surface area contributed by atoms with Gasteiger partial charge in [0.25, 0.3) is 0 Å². The number of pyridine rings is 2. The minimum absolute atomic E-state index is 0.0807. The van der Waals surface area contributed by atoms with Crippen LogP contribution in [0, 0.1) is 0 Å². The Morgan fingerprint density at radius 3 is 2.50 bits per heavy atom. The fourth-order valence-electron chi connectivity index (χ4n) is 4.97. The number of carbonyl (C=O) groups excluding carboxylic acids is 2. The molecule has 6 nitrogen and oxygen atoms in total. The molecule has 5 rings (SSSR count). The molecular formula is C23H21ClN4O2. The molecule has 1 aromatic carbocycles. The summed E-state index contributed by atoms with van der Waals surface area (Å²) in [4.78, 5) is 35.8. The van der Waals surface area contributed by atoms with E-state index in [4.69, 9.17) is 11.6 Å². The third-order valence-electron chi connectivity index (χ3n) is 6.25. The number of benzene rings is 1. The summed E-state index contributed by atoms with van der Waals surface area (Å²) in [5.41, 5.74) is 2.29. The van der Waals surface area contributed by atoms with Gasteiger partial charge in [-0.15, -0.1) is 0 Å². The molecule has 7 heteroatoms. The van der Waals surface area contributed by atoms with Crippen molar-refractivity contribution in [3.8, 4) is 0 Å². The third-order valence-corrected chi connectivity index (χ3v) is 6.48. The van der Waals surface area contributed by atoms with Crippen molar-refractivity contribution in [3.63, 3.8) is 0 Å². The summed E-state index contributed by atoms with van der Waals surface area (Å²) in [7, 11) is 0. The van der Waals surface area contributed by atoms with Crippen LogP contribution in [-0.4, -0.2) is 38.8 Å². The minimum atomic E-state index is -0.644. The van der Waals surface area contributed by atoms with Crippen molar-refractivity contribution in [3.05, 3.63) is 65.4 Å². The zero-order valence-corrected chi connectivity index (χ0v) is 17.0. The van der Waals surface area contributed by atoms with Gasteiger partial charge in [0.15, 0.2) is 0 Å². The van der Waals surface area contributed by atoms with E-state index in [1.165, 1.54) is 17.1 Å². The molecule has 2 aliphatic heterocycles. The molecule has 2 atom stereocenters. The number of hydrogen-bond donors (Lipinski definition) is 1. The second-order valence-corrected chi connectivity index (χ2v) is 8.44. The summed E-state index contributed by atoms with van der Waals surface area (Å²) >= 11 is 5.83. The number of para-hydroxylation sites is 1. The average molecular weight is 421 g/mol. The summed E-state index contributed by atoms with van der Waals surface area (Å²) in [6.45, 7) is 0. The monoisotopic (exact) mass is 420 g/mol. The Bertz CT molecular complexity index is 1100. The fraction of sp³-hybridized carbons (Fsp3) is 0.304. The van der Waals surface area contributed by atoms with Gasteiger partial charge in [-0.05, 0) is 61.4 Å². The van der Waals surface area contributed by atoms with Gasteiger partial charge < -0.3 is 10.2 Å². The van der Waals surface area contributed by atoms with E-state index in [2.05, 4.69) is 27.4 Å². The van der Waals surface area contributed by atoms with Crippen molar-refractivity contribution >= 4 is 40.1 Å². The van der Waals surface area contributed by atoms with Crippen molar-refractivity contribution in [2.24, 2.45) is 0 Å². The van der Waals surface area contributed by atoms with Crippen molar-refractivity contribution < 1.29 is 9.59 Å². The summed E-state index contributed by atoms with van der Waals surface area (Å²) in [6, 6.07) is 13.7. The Morgan fingerprint density at radius 2 is 1.77 bits per heavy atom. The Hall–Kier alpha value is -2.99. The number of carbonyl (C=O) groups is 2. The molecule has 0 spiro atoms. The topological polar surface area (TPSA) is 75.2 Å². The van der Waals surface area contributed by atoms with Gasteiger partial charge in [-0.3, -0.25) is 14.6 Å². The number of nitrogens with zero attached hydrogens (tertiary/aromatic N) is 3. The first kappa shape index (κ1) is 19.0. The lowest BCUT2D eigenvalue weighted by molar-refractivity contribution is -0.146. The Kier molecular flexibility index (Phi) is 4.87. The van der Waals surface area contributed by atoms with Gasteiger partial charge >= 0.3 is 11.8 Å². The third kappa shape index (κ3) is 3.41. The van der Waals surface area contributed by atoms with Gasteiger partial charge in [-0.1, -0.05) is 29.8 Å². The molecule has 0 aliphatic carbocycles. The van der Waals surface area contributed by atoms with E-state index in [9.17, 15) is 9.59 Å². The Balaban J connectivity index is 1.33. The quantitative estimate of drug-likeness (QED) is 0.631. The molecule has 152 valence electrons. The van der Waals surface area contributed by atoms with Gasteiger partial charge in [0.2, 0.25) is 0 Å². The molecule has 2 aliphatic rings. The molecule has 4 heterocycles. The maximum absolute atomic E-state index is 12.9. The number of nitrogens with one attached hydrogen (secondary N) is 1. The van der Waals surface area contributed by atoms with Gasteiger partial charge in [-0.25, -0.2) is 4.98 Å². The first-order valence-corrected chi connectivity index (χ1v) is 10.6. The van der Waals surface area contributed by atoms with Crippen molar-refractivity contribution in [2.75, 3.05) is 5.32 Å². The predicted octanol–water partition coefficient (Wildman–Crippen LogP) is 4.16. The smallest absolute Gasteiger partial charge is 0.315 e. The van der Waals surface area contributed by atoms with Crippen LogP contribution in [-0.2, 0) is 9.59 Å². The van der Waals surface area contributed by atoms with E-state index in [1.54, 1.807) is 17.0 Å². The molecule has 2 aromatic heterocycles. The van der Waals surface area contributed by atoms with Crippen LogP contribution >= 0.6 is 11.6 Å². The van der Waals surface area contributed by atoms with E-state index in [-0.39, 0.29) is 12.1 Å². The number of halogens is 1. The van der Waals surface area contributed by atoms with Crippen molar-refractivity contribution in [2.45, 2.75) is 43.7 Å². The van der Waals surface area contributed by atoms with Crippen molar-refractivity contribution in [1.82, 2.24) is 14.9 Å². The highest BCUT2D eigenvalue weighted by Crippen LogP contribution is 2.44. The number of aromatic nitrogens is 2. The number of fused-ring (bicyclic) bond motifs is 3. The number of rotatable bonds is 2. The van der Waals surface area contributed by atoms with Crippen LogP contribution in [0.2, 0.25) is 5.02 Å². The molecule has 0 saturated carbocycles. The zero-order chi connectivity index (χ0) is 20.7. The minimum Gasteiger partial charge on any atom is -0.328 e. The second-order valence-electron chi connectivity index (χ2n) is 8.00. The fourth-order valence-corrected chi connectivity index (χ4v) is 5.09. The van der Waals surface area contributed by atoms with Gasteiger partial charge in [0.1, 0.15) is 5.82 Å². The van der Waals surface area contributed by atoms with E-state index in [0.717, 1.165) is 31.2 Å². The second kappa shape index (κ2) is 7.69. The van der Waals surface area contributed by atoms with Crippen molar-refractivity contribution in [1.29, 1.82) is 0 Å². The average Bonchev–Trinajstić information content (AvgIpc) is 3.03. The van der Waals surface area contributed by atoms with E-state index >= 15 is 0 Å².